The Hall–Kier alpha value is -2.91. The predicted molar refractivity (Wildman–Crippen MR) is 98.3 cm³/mol. The van der Waals surface area contributed by atoms with Gasteiger partial charge in [0.2, 0.25) is 0 Å². The Labute approximate surface area is 147 Å². The van der Waals surface area contributed by atoms with E-state index in [4.69, 9.17) is 9.57 Å². The van der Waals surface area contributed by atoms with Gasteiger partial charge in [-0.05, 0) is 11.1 Å². The summed E-state index contributed by atoms with van der Waals surface area (Å²) < 4.78 is 5.91. The van der Waals surface area contributed by atoms with Crippen molar-refractivity contribution in [1.29, 1.82) is 0 Å². The minimum Gasteiger partial charge on any atom is -0.391 e. The first kappa shape index (κ1) is 15.6. The summed E-state index contributed by atoms with van der Waals surface area (Å²) in [5.41, 5.74) is 4.12. The molecule has 1 aliphatic rings. The highest BCUT2D eigenvalue weighted by atomic mass is 16.6. The summed E-state index contributed by atoms with van der Waals surface area (Å²) >= 11 is 0. The first-order valence-electron chi connectivity index (χ1n) is 8.41. The third kappa shape index (κ3) is 3.78. The zero-order valence-electron chi connectivity index (χ0n) is 13.8. The van der Waals surface area contributed by atoms with Gasteiger partial charge >= 0.3 is 0 Å². The number of ether oxygens (including phenoxy) is 1. The Balaban J connectivity index is 1.53. The average molecular weight is 329 g/mol. The van der Waals surface area contributed by atoms with Gasteiger partial charge in [0.25, 0.3) is 0 Å². The van der Waals surface area contributed by atoms with Crippen molar-refractivity contribution in [3.05, 3.63) is 108 Å². The standard InChI is InChI=1S/C22H19NO2/c1-4-10-17(11-5-1)16-24-23-20(18-12-6-2-7-13-18)22-21(25-22)19-14-8-3-9-15-19/h1-15,21-22H,16H2/b23-20+. The minimum atomic E-state index is -0.0689. The number of hydrogen-bond donors (Lipinski definition) is 0. The van der Waals surface area contributed by atoms with Gasteiger partial charge in [0.05, 0.1) is 0 Å². The summed E-state index contributed by atoms with van der Waals surface area (Å²) in [6, 6.07) is 30.3. The average Bonchev–Trinajstić information content (AvgIpc) is 3.48. The molecule has 3 aromatic carbocycles. The van der Waals surface area contributed by atoms with Gasteiger partial charge in [0, 0.05) is 5.56 Å². The Morgan fingerprint density at radius 2 is 1.40 bits per heavy atom. The van der Waals surface area contributed by atoms with Gasteiger partial charge < -0.3 is 9.57 Å². The first-order valence-corrected chi connectivity index (χ1v) is 8.41. The van der Waals surface area contributed by atoms with Crippen molar-refractivity contribution in [3.63, 3.8) is 0 Å². The molecule has 1 saturated heterocycles. The van der Waals surface area contributed by atoms with Crippen molar-refractivity contribution in [2.24, 2.45) is 5.16 Å². The number of hydrogen-bond acceptors (Lipinski definition) is 3. The molecule has 1 fully saturated rings. The second-order valence-corrected chi connectivity index (χ2v) is 5.99. The van der Waals surface area contributed by atoms with Gasteiger partial charge in [-0.15, -0.1) is 0 Å². The van der Waals surface area contributed by atoms with Gasteiger partial charge in [-0.25, -0.2) is 0 Å². The molecule has 25 heavy (non-hydrogen) atoms. The molecule has 2 atom stereocenters. The Morgan fingerprint density at radius 1 is 0.800 bits per heavy atom. The van der Waals surface area contributed by atoms with E-state index in [-0.39, 0.29) is 12.2 Å². The summed E-state index contributed by atoms with van der Waals surface area (Å²) in [4.78, 5) is 5.63. The lowest BCUT2D eigenvalue weighted by atomic mass is 10.0. The lowest BCUT2D eigenvalue weighted by molar-refractivity contribution is 0.129. The number of oxime groups is 1. The second kappa shape index (κ2) is 7.32. The monoisotopic (exact) mass is 329 g/mol. The molecular weight excluding hydrogens is 310 g/mol. The SMILES string of the molecule is c1ccc(CO/N=C(\c2ccccc2)C2OC2c2ccccc2)cc1. The van der Waals surface area contributed by atoms with Crippen LogP contribution in [0.5, 0.6) is 0 Å². The summed E-state index contributed by atoms with van der Waals surface area (Å²) in [7, 11) is 0. The highest BCUT2D eigenvalue weighted by Crippen LogP contribution is 2.40. The zero-order chi connectivity index (χ0) is 16.9. The predicted octanol–water partition coefficient (Wildman–Crippen LogP) is 4.75. The highest BCUT2D eigenvalue weighted by Gasteiger charge is 2.45. The van der Waals surface area contributed by atoms with Crippen LogP contribution in [0.2, 0.25) is 0 Å². The Morgan fingerprint density at radius 3 is 2.08 bits per heavy atom. The van der Waals surface area contributed by atoms with Gasteiger partial charge in [-0.2, -0.15) is 0 Å². The molecule has 0 aromatic heterocycles. The van der Waals surface area contributed by atoms with Crippen LogP contribution in [0.4, 0.5) is 0 Å². The first-order chi connectivity index (χ1) is 12.4. The molecule has 124 valence electrons. The molecule has 3 heteroatoms. The van der Waals surface area contributed by atoms with Crippen LogP contribution < -0.4 is 0 Å². The lowest BCUT2D eigenvalue weighted by Crippen LogP contribution is -2.11. The van der Waals surface area contributed by atoms with Crippen LogP contribution >= 0.6 is 0 Å². The molecule has 1 heterocycles. The Bertz CT molecular complexity index is 832. The van der Waals surface area contributed by atoms with Crippen molar-refractivity contribution < 1.29 is 9.57 Å². The highest BCUT2D eigenvalue weighted by molar-refractivity contribution is 6.05. The smallest absolute Gasteiger partial charge is 0.142 e. The van der Waals surface area contributed by atoms with E-state index in [0.29, 0.717) is 6.61 Å². The zero-order valence-corrected chi connectivity index (χ0v) is 13.8. The third-order valence-corrected chi connectivity index (χ3v) is 4.20. The van der Waals surface area contributed by atoms with E-state index in [1.54, 1.807) is 0 Å². The van der Waals surface area contributed by atoms with Gasteiger partial charge in [0.1, 0.15) is 24.5 Å². The second-order valence-electron chi connectivity index (χ2n) is 5.99. The van der Waals surface area contributed by atoms with Crippen molar-refractivity contribution in [2.75, 3.05) is 0 Å². The molecule has 0 radical (unpaired) electrons. The number of rotatable bonds is 6. The molecule has 4 rings (SSSR count). The van der Waals surface area contributed by atoms with Crippen molar-refractivity contribution >= 4 is 5.71 Å². The summed E-state index contributed by atoms with van der Waals surface area (Å²) in [5.74, 6) is 0. The molecular formula is C22H19NO2. The molecule has 0 amide bonds. The van der Waals surface area contributed by atoms with Crippen LogP contribution in [-0.2, 0) is 16.2 Å². The maximum atomic E-state index is 5.91. The van der Waals surface area contributed by atoms with Crippen molar-refractivity contribution in [2.45, 2.75) is 18.8 Å². The molecule has 0 bridgehead atoms. The Kier molecular flexibility index (Phi) is 4.57. The molecule has 1 aliphatic heterocycles. The van der Waals surface area contributed by atoms with Crippen LogP contribution in [0.3, 0.4) is 0 Å². The van der Waals surface area contributed by atoms with E-state index in [1.165, 1.54) is 5.56 Å². The number of benzene rings is 3. The lowest BCUT2D eigenvalue weighted by Gasteiger charge is -2.05. The number of nitrogens with zero attached hydrogens (tertiary/aromatic N) is 1. The third-order valence-electron chi connectivity index (χ3n) is 4.20. The van der Waals surface area contributed by atoms with Crippen LogP contribution in [0, 0.1) is 0 Å². The van der Waals surface area contributed by atoms with E-state index >= 15 is 0 Å². The van der Waals surface area contributed by atoms with Crippen LogP contribution in [-0.4, -0.2) is 11.8 Å². The van der Waals surface area contributed by atoms with Gasteiger partial charge in [-0.3, -0.25) is 0 Å². The largest absolute Gasteiger partial charge is 0.391 e. The van der Waals surface area contributed by atoms with E-state index in [2.05, 4.69) is 17.3 Å². The molecule has 0 spiro atoms. The molecule has 3 nitrogen and oxygen atoms in total. The maximum absolute atomic E-state index is 5.91. The molecule has 0 N–H and O–H groups in total. The maximum Gasteiger partial charge on any atom is 0.142 e. The van der Waals surface area contributed by atoms with Crippen LogP contribution in [0.1, 0.15) is 22.8 Å². The van der Waals surface area contributed by atoms with E-state index in [9.17, 15) is 0 Å². The normalized spacial score (nSPS) is 19.4. The topological polar surface area (TPSA) is 34.1 Å². The quantitative estimate of drug-likeness (QED) is 0.372. The van der Waals surface area contributed by atoms with Crippen molar-refractivity contribution in [1.82, 2.24) is 0 Å². The summed E-state index contributed by atoms with van der Waals surface area (Å²) in [6.07, 6.45) is -0.0268. The van der Waals surface area contributed by atoms with Crippen LogP contribution in [0.25, 0.3) is 0 Å². The minimum absolute atomic E-state index is 0.0421. The summed E-state index contributed by atoms with van der Waals surface area (Å²) in [6.45, 7) is 0.444. The fourth-order valence-electron chi connectivity index (χ4n) is 2.84. The van der Waals surface area contributed by atoms with E-state index in [0.717, 1.165) is 16.8 Å². The fraction of sp³-hybridized carbons (Fsp3) is 0.136. The van der Waals surface area contributed by atoms with Gasteiger partial charge in [0.15, 0.2) is 0 Å². The fourth-order valence-corrected chi connectivity index (χ4v) is 2.84. The molecule has 2 unspecified atom stereocenters. The van der Waals surface area contributed by atoms with E-state index in [1.807, 2.05) is 78.9 Å². The van der Waals surface area contributed by atoms with Crippen LogP contribution in [0.15, 0.2) is 96.2 Å². The molecule has 0 aliphatic carbocycles. The number of epoxide rings is 1. The molecule has 3 aromatic rings. The van der Waals surface area contributed by atoms with Gasteiger partial charge in [-0.1, -0.05) is 96.2 Å². The van der Waals surface area contributed by atoms with Crippen molar-refractivity contribution in [3.8, 4) is 0 Å². The van der Waals surface area contributed by atoms with E-state index < -0.39 is 0 Å². The molecule has 0 saturated carbocycles. The summed E-state index contributed by atoms with van der Waals surface area (Å²) in [5, 5.41) is 4.42.